The number of pyridine rings is 1. The van der Waals surface area contributed by atoms with Gasteiger partial charge in [0, 0.05) is 37.0 Å². The third kappa shape index (κ3) is 3.17. The molecule has 3 N–H and O–H groups in total. The number of anilines is 1. The molecular weight excluding hydrogens is 410 g/mol. The Bertz CT molecular complexity index is 1230. The van der Waals surface area contributed by atoms with Crippen LogP contribution in [0, 0.1) is 16.7 Å². The Labute approximate surface area is 174 Å². The summed E-state index contributed by atoms with van der Waals surface area (Å²) < 4.78 is 36.9. The second-order valence-electron chi connectivity index (χ2n) is 8.05. The molecule has 2 heterocycles. The van der Waals surface area contributed by atoms with Crippen LogP contribution in [0.15, 0.2) is 16.9 Å². The highest BCUT2D eigenvalue weighted by molar-refractivity contribution is 7.87. The number of benzene rings is 1. The van der Waals surface area contributed by atoms with Crippen LogP contribution >= 0.6 is 0 Å². The number of hydrogen-bond donors (Lipinski definition) is 2. The van der Waals surface area contributed by atoms with Gasteiger partial charge in [0.15, 0.2) is 11.5 Å². The fourth-order valence-corrected chi connectivity index (χ4v) is 5.38. The molecule has 2 fully saturated rings. The zero-order chi connectivity index (χ0) is 21.8. The third-order valence-electron chi connectivity index (χ3n) is 6.04. The van der Waals surface area contributed by atoms with Crippen molar-refractivity contribution in [3.8, 4) is 17.6 Å². The number of hydrogen-bond acceptors (Lipinski definition) is 7. The lowest BCUT2D eigenvalue weighted by molar-refractivity contribution is 0.0591. The first-order chi connectivity index (χ1) is 14.1. The standard InChI is InChI=1S/C19H23N5O5S/c1-23-14(8-20)17(12-4-15(28-2)16(29-3)5-13(12)18(23)25)24-9-19(10-24)6-11(7-19)22-30(21,26)27/h4-5,11,22H,6-7,9-10H2,1-3H3,(H2,21,26,27). The predicted molar refractivity (Wildman–Crippen MR) is 111 cm³/mol. The second-order valence-corrected chi connectivity index (χ2v) is 9.38. The number of nitriles is 1. The predicted octanol–water partition coefficient (Wildman–Crippen LogP) is 0.189. The summed E-state index contributed by atoms with van der Waals surface area (Å²) in [6, 6.07) is 5.34. The number of nitrogens with two attached hydrogens (primary N) is 1. The van der Waals surface area contributed by atoms with E-state index in [0.717, 1.165) is 0 Å². The molecule has 1 aliphatic carbocycles. The van der Waals surface area contributed by atoms with E-state index in [1.807, 2.05) is 0 Å². The van der Waals surface area contributed by atoms with E-state index in [1.54, 1.807) is 19.2 Å². The first-order valence-corrected chi connectivity index (χ1v) is 10.9. The quantitative estimate of drug-likeness (QED) is 0.686. The Balaban J connectivity index is 1.72. The molecule has 2 aliphatic rings. The van der Waals surface area contributed by atoms with E-state index < -0.39 is 10.2 Å². The summed E-state index contributed by atoms with van der Waals surface area (Å²) in [5.41, 5.74) is 0.631. The van der Waals surface area contributed by atoms with Crippen molar-refractivity contribution < 1.29 is 17.9 Å². The Hall–Kier alpha value is -2.81. The number of nitrogens with zero attached hydrogens (tertiary/aromatic N) is 3. The van der Waals surface area contributed by atoms with E-state index in [1.165, 1.54) is 18.8 Å². The highest BCUT2D eigenvalue weighted by Gasteiger charge is 2.53. The smallest absolute Gasteiger partial charge is 0.274 e. The molecule has 0 bridgehead atoms. The van der Waals surface area contributed by atoms with Crippen molar-refractivity contribution in [3.63, 3.8) is 0 Å². The maximum atomic E-state index is 12.8. The molecule has 1 saturated heterocycles. The first kappa shape index (κ1) is 20.5. The van der Waals surface area contributed by atoms with Crippen LogP contribution in [0.3, 0.4) is 0 Å². The number of methoxy groups -OCH3 is 2. The van der Waals surface area contributed by atoms with Crippen molar-refractivity contribution in [2.75, 3.05) is 32.2 Å². The van der Waals surface area contributed by atoms with Crippen molar-refractivity contribution in [2.45, 2.75) is 18.9 Å². The number of ether oxygens (including phenoxy) is 2. The van der Waals surface area contributed by atoms with Crippen LogP contribution < -0.4 is 29.8 Å². The molecule has 0 atom stereocenters. The van der Waals surface area contributed by atoms with Crippen molar-refractivity contribution in [1.82, 2.24) is 9.29 Å². The minimum atomic E-state index is -3.72. The summed E-state index contributed by atoms with van der Waals surface area (Å²) >= 11 is 0. The first-order valence-electron chi connectivity index (χ1n) is 9.35. The van der Waals surface area contributed by atoms with E-state index >= 15 is 0 Å². The molecule has 10 nitrogen and oxygen atoms in total. The van der Waals surface area contributed by atoms with Crippen molar-refractivity contribution >= 4 is 26.7 Å². The van der Waals surface area contributed by atoms with Crippen LogP contribution in [0.5, 0.6) is 11.5 Å². The average molecular weight is 433 g/mol. The Kier molecular flexibility index (Phi) is 4.68. The minimum Gasteiger partial charge on any atom is -0.493 e. The maximum absolute atomic E-state index is 12.8. The summed E-state index contributed by atoms with van der Waals surface area (Å²) in [5.74, 6) is 0.911. The zero-order valence-electron chi connectivity index (χ0n) is 16.9. The van der Waals surface area contributed by atoms with E-state index in [-0.39, 0.29) is 22.7 Å². The largest absolute Gasteiger partial charge is 0.493 e. The Morgan fingerprint density at radius 3 is 2.27 bits per heavy atom. The monoisotopic (exact) mass is 433 g/mol. The molecule has 160 valence electrons. The number of rotatable bonds is 5. The van der Waals surface area contributed by atoms with Gasteiger partial charge in [-0.05, 0) is 25.0 Å². The van der Waals surface area contributed by atoms with Crippen molar-refractivity contribution in [1.29, 1.82) is 5.26 Å². The molecule has 1 aromatic heterocycles. The average Bonchev–Trinajstić information content (AvgIpc) is 2.63. The van der Waals surface area contributed by atoms with Gasteiger partial charge in [0.2, 0.25) is 0 Å². The number of fused-ring (bicyclic) bond motifs is 1. The van der Waals surface area contributed by atoms with E-state index in [4.69, 9.17) is 14.6 Å². The fraction of sp³-hybridized carbons (Fsp3) is 0.474. The van der Waals surface area contributed by atoms with E-state index in [9.17, 15) is 18.5 Å². The van der Waals surface area contributed by atoms with Gasteiger partial charge in [0.25, 0.3) is 15.8 Å². The van der Waals surface area contributed by atoms with Gasteiger partial charge in [-0.3, -0.25) is 4.79 Å². The van der Waals surface area contributed by atoms with Crippen LogP contribution in [-0.2, 0) is 17.3 Å². The van der Waals surface area contributed by atoms with Crippen LogP contribution in [-0.4, -0.2) is 46.3 Å². The van der Waals surface area contributed by atoms with Crippen molar-refractivity contribution in [3.05, 3.63) is 28.2 Å². The molecule has 2 aromatic rings. The molecule has 0 amide bonds. The topological polar surface area (TPSA) is 140 Å². The lowest BCUT2D eigenvalue weighted by atomic mass is 9.61. The molecule has 1 saturated carbocycles. The van der Waals surface area contributed by atoms with Gasteiger partial charge in [0.1, 0.15) is 11.8 Å². The minimum absolute atomic E-state index is 0.0212. The molecule has 11 heteroatoms. The SMILES string of the molecule is COc1cc2c(N3CC4(CC(NS(N)(=O)=O)C4)C3)c(C#N)n(C)c(=O)c2cc1OC. The van der Waals surface area contributed by atoms with Gasteiger partial charge in [-0.2, -0.15) is 18.4 Å². The highest BCUT2D eigenvalue weighted by atomic mass is 32.2. The van der Waals surface area contributed by atoms with Gasteiger partial charge in [0.05, 0.1) is 25.3 Å². The van der Waals surface area contributed by atoms with Gasteiger partial charge < -0.3 is 18.9 Å². The summed E-state index contributed by atoms with van der Waals surface area (Å²) in [6.45, 7) is 1.32. The summed E-state index contributed by atoms with van der Waals surface area (Å²) in [7, 11) is 0.872. The maximum Gasteiger partial charge on any atom is 0.274 e. The van der Waals surface area contributed by atoms with Crippen LogP contribution in [0.4, 0.5) is 5.69 Å². The van der Waals surface area contributed by atoms with E-state index in [0.29, 0.717) is 53.9 Å². The van der Waals surface area contributed by atoms with Gasteiger partial charge in [-0.25, -0.2) is 5.14 Å². The van der Waals surface area contributed by atoms with Crippen LogP contribution in [0.1, 0.15) is 18.5 Å². The molecule has 1 aliphatic heterocycles. The van der Waals surface area contributed by atoms with Gasteiger partial charge in [-0.15, -0.1) is 0 Å². The van der Waals surface area contributed by atoms with Gasteiger partial charge >= 0.3 is 0 Å². The summed E-state index contributed by atoms with van der Waals surface area (Å²) in [6.07, 6.45) is 1.37. The molecule has 4 rings (SSSR count). The normalized spacial score (nSPS) is 18.0. The Morgan fingerprint density at radius 2 is 1.77 bits per heavy atom. The lowest BCUT2D eigenvalue weighted by Crippen LogP contribution is -2.67. The van der Waals surface area contributed by atoms with Crippen LogP contribution in [0.2, 0.25) is 0 Å². The van der Waals surface area contributed by atoms with Crippen molar-refractivity contribution in [2.24, 2.45) is 17.6 Å². The Morgan fingerprint density at radius 1 is 1.20 bits per heavy atom. The molecule has 0 unspecified atom stereocenters. The fourth-order valence-electron chi connectivity index (χ4n) is 4.75. The zero-order valence-corrected chi connectivity index (χ0v) is 17.7. The molecule has 1 aromatic carbocycles. The lowest BCUT2D eigenvalue weighted by Gasteiger charge is -2.60. The van der Waals surface area contributed by atoms with Crippen LogP contribution in [0.25, 0.3) is 10.8 Å². The number of aromatic nitrogens is 1. The third-order valence-corrected chi connectivity index (χ3v) is 6.70. The highest BCUT2D eigenvalue weighted by Crippen LogP contribution is 2.51. The molecule has 0 radical (unpaired) electrons. The summed E-state index contributed by atoms with van der Waals surface area (Å²) in [4.78, 5) is 14.9. The second kappa shape index (κ2) is 6.87. The van der Waals surface area contributed by atoms with Gasteiger partial charge in [-0.1, -0.05) is 0 Å². The molecular formula is C19H23N5O5S. The number of nitrogens with one attached hydrogen (secondary N) is 1. The molecule has 1 spiro atoms. The molecule has 30 heavy (non-hydrogen) atoms. The van der Waals surface area contributed by atoms with E-state index in [2.05, 4.69) is 15.7 Å². The summed E-state index contributed by atoms with van der Waals surface area (Å²) in [5, 5.41) is 15.9.